The summed E-state index contributed by atoms with van der Waals surface area (Å²) in [5.74, 6) is 1.03. The van der Waals surface area contributed by atoms with Crippen LogP contribution in [0.2, 0.25) is 0 Å². The Kier molecular flexibility index (Phi) is 7.35. The number of piperidine rings is 2. The second kappa shape index (κ2) is 9.52. The molecule has 1 amide bonds. The molecule has 1 spiro atoms. The number of aliphatic hydroxyl groups excluding tert-OH is 1. The first kappa shape index (κ1) is 20.1. The molecule has 2 heterocycles. The van der Waals surface area contributed by atoms with Crippen molar-refractivity contribution in [1.29, 1.82) is 0 Å². The Morgan fingerprint density at radius 1 is 1.12 bits per heavy atom. The highest BCUT2D eigenvalue weighted by Crippen LogP contribution is 2.39. The third-order valence-electron chi connectivity index (χ3n) is 6.83. The molecular weight excluding hydrogens is 328 g/mol. The zero-order chi connectivity index (χ0) is 18.4. The first-order chi connectivity index (χ1) is 12.6. The number of hydrogen-bond acceptors (Lipinski definition) is 4. The molecule has 0 unspecified atom stereocenters. The van der Waals surface area contributed by atoms with Gasteiger partial charge in [-0.15, -0.1) is 0 Å². The van der Waals surface area contributed by atoms with Gasteiger partial charge in [0.1, 0.15) is 0 Å². The van der Waals surface area contributed by atoms with Crippen molar-refractivity contribution in [1.82, 2.24) is 9.80 Å². The second-order valence-corrected chi connectivity index (χ2v) is 8.77. The fourth-order valence-corrected chi connectivity index (χ4v) is 5.37. The molecule has 1 N–H and O–H groups in total. The maximum Gasteiger partial charge on any atom is 0.224 e. The van der Waals surface area contributed by atoms with Crippen LogP contribution in [-0.2, 0) is 9.53 Å². The zero-order valence-corrected chi connectivity index (χ0v) is 16.6. The van der Waals surface area contributed by atoms with Crippen LogP contribution < -0.4 is 0 Å². The molecular formula is C21H38N2O3. The summed E-state index contributed by atoms with van der Waals surface area (Å²) in [4.78, 5) is 17.1. The van der Waals surface area contributed by atoms with Crippen LogP contribution in [0.3, 0.4) is 0 Å². The van der Waals surface area contributed by atoms with E-state index in [2.05, 4.69) is 4.90 Å². The monoisotopic (exact) mass is 366 g/mol. The fraction of sp³-hybridized carbons (Fsp3) is 0.952. The van der Waals surface area contributed by atoms with Crippen molar-refractivity contribution in [2.75, 3.05) is 45.9 Å². The van der Waals surface area contributed by atoms with E-state index in [0.717, 1.165) is 51.4 Å². The third kappa shape index (κ3) is 4.99. The van der Waals surface area contributed by atoms with E-state index in [1.165, 1.54) is 38.6 Å². The van der Waals surface area contributed by atoms with Gasteiger partial charge in [-0.05, 0) is 44.9 Å². The van der Waals surface area contributed by atoms with Crippen LogP contribution in [0.15, 0.2) is 0 Å². The molecule has 0 aromatic heterocycles. The Balaban J connectivity index is 1.57. The summed E-state index contributed by atoms with van der Waals surface area (Å²) >= 11 is 0. The largest absolute Gasteiger partial charge is 0.392 e. The lowest BCUT2D eigenvalue weighted by Crippen LogP contribution is -2.60. The van der Waals surface area contributed by atoms with Crippen LogP contribution in [-0.4, -0.2) is 72.9 Å². The number of carbonyl (C=O) groups excluding carboxylic acids is 1. The van der Waals surface area contributed by atoms with Gasteiger partial charge in [0.25, 0.3) is 0 Å². The zero-order valence-electron chi connectivity index (χ0n) is 16.6. The van der Waals surface area contributed by atoms with Crippen molar-refractivity contribution >= 4 is 5.91 Å². The second-order valence-electron chi connectivity index (χ2n) is 8.77. The fourth-order valence-electron chi connectivity index (χ4n) is 5.37. The minimum absolute atomic E-state index is 0.119. The number of likely N-dealkylation sites (tertiary alicyclic amines) is 2. The molecule has 5 nitrogen and oxygen atoms in total. The number of nitrogens with zero attached hydrogens (tertiary/aromatic N) is 2. The predicted octanol–water partition coefficient (Wildman–Crippen LogP) is 2.67. The average molecular weight is 367 g/mol. The van der Waals surface area contributed by atoms with E-state index in [1.54, 1.807) is 0 Å². The first-order valence-corrected chi connectivity index (χ1v) is 10.9. The summed E-state index contributed by atoms with van der Waals surface area (Å²) in [6.07, 6.45) is 10.0. The summed E-state index contributed by atoms with van der Waals surface area (Å²) < 4.78 is 5.35. The van der Waals surface area contributed by atoms with E-state index in [1.807, 2.05) is 11.8 Å². The lowest BCUT2D eigenvalue weighted by molar-refractivity contribution is -0.142. The van der Waals surface area contributed by atoms with Crippen LogP contribution in [0.4, 0.5) is 0 Å². The molecule has 0 radical (unpaired) electrons. The maximum atomic E-state index is 12.6. The predicted molar refractivity (Wildman–Crippen MR) is 103 cm³/mol. The van der Waals surface area contributed by atoms with Crippen LogP contribution in [0.1, 0.15) is 64.7 Å². The minimum Gasteiger partial charge on any atom is -0.392 e. The van der Waals surface area contributed by atoms with E-state index in [0.29, 0.717) is 19.6 Å². The maximum absolute atomic E-state index is 12.6. The van der Waals surface area contributed by atoms with Gasteiger partial charge in [0, 0.05) is 44.7 Å². The molecule has 150 valence electrons. The summed E-state index contributed by atoms with van der Waals surface area (Å²) in [7, 11) is 0. The van der Waals surface area contributed by atoms with Crippen molar-refractivity contribution in [2.45, 2.75) is 70.8 Å². The van der Waals surface area contributed by atoms with Crippen LogP contribution in [0.25, 0.3) is 0 Å². The SMILES string of the molecule is CCOCCC(=O)N1CCC[C@@]2(CN(CC3CCCCC3)CC[C@H]2O)C1. The molecule has 2 atom stereocenters. The van der Waals surface area contributed by atoms with Gasteiger partial charge >= 0.3 is 0 Å². The quantitative estimate of drug-likeness (QED) is 0.735. The van der Waals surface area contributed by atoms with Gasteiger partial charge < -0.3 is 19.6 Å². The number of rotatable bonds is 6. The molecule has 0 bridgehead atoms. The van der Waals surface area contributed by atoms with Crippen LogP contribution in [0.5, 0.6) is 0 Å². The van der Waals surface area contributed by atoms with Crippen LogP contribution >= 0.6 is 0 Å². The molecule has 3 rings (SSSR count). The van der Waals surface area contributed by atoms with E-state index < -0.39 is 0 Å². The molecule has 1 aliphatic carbocycles. The molecule has 0 aromatic rings. The molecule has 2 aliphatic heterocycles. The highest BCUT2D eigenvalue weighted by molar-refractivity contribution is 5.76. The van der Waals surface area contributed by atoms with Crippen molar-refractivity contribution in [2.24, 2.45) is 11.3 Å². The highest BCUT2D eigenvalue weighted by Gasteiger charge is 2.46. The van der Waals surface area contributed by atoms with E-state index in [9.17, 15) is 9.90 Å². The Morgan fingerprint density at radius 2 is 1.92 bits per heavy atom. The summed E-state index contributed by atoms with van der Waals surface area (Å²) in [6.45, 7) is 7.84. The van der Waals surface area contributed by atoms with Gasteiger partial charge in [0.15, 0.2) is 0 Å². The number of hydrogen-bond donors (Lipinski definition) is 1. The number of aliphatic hydroxyl groups is 1. The van der Waals surface area contributed by atoms with Crippen molar-refractivity contribution < 1.29 is 14.6 Å². The third-order valence-corrected chi connectivity index (χ3v) is 6.83. The lowest BCUT2D eigenvalue weighted by Gasteiger charge is -2.51. The van der Waals surface area contributed by atoms with Crippen LogP contribution in [0, 0.1) is 11.3 Å². The Labute approximate surface area is 159 Å². The van der Waals surface area contributed by atoms with Gasteiger partial charge in [0.2, 0.25) is 5.91 Å². The molecule has 26 heavy (non-hydrogen) atoms. The van der Waals surface area contributed by atoms with Gasteiger partial charge in [-0.3, -0.25) is 4.79 Å². The van der Waals surface area contributed by atoms with Crippen molar-refractivity contribution in [3.05, 3.63) is 0 Å². The molecule has 5 heteroatoms. The molecule has 3 fully saturated rings. The van der Waals surface area contributed by atoms with Gasteiger partial charge in [-0.25, -0.2) is 0 Å². The summed E-state index contributed by atoms with van der Waals surface area (Å²) in [6, 6.07) is 0. The smallest absolute Gasteiger partial charge is 0.224 e. The average Bonchev–Trinajstić information content (AvgIpc) is 2.66. The Hall–Kier alpha value is -0.650. The van der Waals surface area contributed by atoms with Gasteiger partial charge in [0.05, 0.1) is 19.1 Å². The number of ether oxygens (including phenoxy) is 1. The van der Waals surface area contributed by atoms with Gasteiger partial charge in [-0.2, -0.15) is 0 Å². The lowest BCUT2D eigenvalue weighted by atomic mass is 9.71. The molecule has 1 saturated carbocycles. The first-order valence-electron chi connectivity index (χ1n) is 10.9. The van der Waals surface area contributed by atoms with E-state index >= 15 is 0 Å². The van der Waals surface area contributed by atoms with Gasteiger partial charge in [-0.1, -0.05) is 19.3 Å². The van der Waals surface area contributed by atoms with E-state index in [4.69, 9.17) is 4.74 Å². The van der Waals surface area contributed by atoms with E-state index in [-0.39, 0.29) is 17.4 Å². The highest BCUT2D eigenvalue weighted by atomic mass is 16.5. The molecule has 2 saturated heterocycles. The normalized spacial score (nSPS) is 31.5. The number of carbonyl (C=O) groups is 1. The standard InChI is InChI=1S/C21H38N2O3/c1-2-26-14-10-20(25)23-12-6-11-21(17-23)16-22(13-9-19(21)24)15-18-7-4-3-5-8-18/h18-19,24H,2-17H2,1H3/t19-,21-/m1/s1. The Bertz CT molecular complexity index is 453. The Morgan fingerprint density at radius 3 is 2.69 bits per heavy atom. The summed E-state index contributed by atoms with van der Waals surface area (Å²) in [5, 5.41) is 10.8. The van der Waals surface area contributed by atoms with Crippen molar-refractivity contribution in [3.8, 4) is 0 Å². The molecule has 3 aliphatic rings. The summed E-state index contributed by atoms with van der Waals surface area (Å²) in [5.41, 5.74) is -0.119. The molecule has 0 aromatic carbocycles. The topological polar surface area (TPSA) is 53.0 Å². The minimum atomic E-state index is -0.271. The van der Waals surface area contributed by atoms with Crippen molar-refractivity contribution in [3.63, 3.8) is 0 Å². The number of amides is 1.